The lowest BCUT2D eigenvalue weighted by atomic mass is 10.1. The summed E-state index contributed by atoms with van der Waals surface area (Å²) < 4.78 is 14.0. The molecular formula is C15H21FN2O2. The van der Waals surface area contributed by atoms with Gasteiger partial charge in [0.15, 0.2) is 0 Å². The highest BCUT2D eigenvalue weighted by Gasteiger charge is 2.14. The van der Waals surface area contributed by atoms with Crippen molar-refractivity contribution in [3.8, 4) is 0 Å². The van der Waals surface area contributed by atoms with E-state index in [1.165, 1.54) is 18.9 Å². The van der Waals surface area contributed by atoms with Crippen LogP contribution in [0.4, 0.5) is 10.1 Å². The van der Waals surface area contributed by atoms with Crippen molar-refractivity contribution in [2.75, 3.05) is 24.5 Å². The molecule has 1 heterocycles. The highest BCUT2D eigenvalue weighted by atomic mass is 19.1. The van der Waals surface area contributed by atoms with E-state index in [1.807, 2.05) is 6.07 Å². The fourth-order valence-electron chi connectivity index (χ4n) is 2.54. The zero-order valence-corrected chi connectivity index (χ0v) is 11.6. The highest BCUT2D eigenvalue weighted by Crippen LogP contribution is 2.24. The largest absolute Gasteiger partial charge is 0.480 e. The fourth-order valence-corrected chi connectivity index (χ4v) is 2.54. The highest BCUT2D eigenvalue weighted by molar-refractivity contribution is 5.69. The normalized spacial score (nSPS) is 15.9. The molecule has 0 aliphatic carbocycles. The molecule has 0 radical (unpaired) electrons. The first-order valence-corrected chi connectivity index (χ1v) is 7.13. The number of nitrogens with one attached hydrogen (secondary N) is 1. The molecule has 0 amide bonds. The third-order valence-electron chi connectivity index (χ3n) is 3.56. The third-order valence-corrected chi connectivity index (χ3v) is 3.56. The van der Waals surface area contributed by atoms with E-state index in [1.54, 1.807) is 6.07 Å². The number of carboxylic acid groups (broad SMARTS) is 1. The van der Waals surface area contributed by atoms with E-state index in [2.05, 4.69) is 10.2 Å². The first kappa shape index (κ1) is 14.8. The van der Waals surface area contributed by atoms with Crippen LogP contribution in [0.15, 0.2) is 18.2 Å². The molecular weight excluding hydrogens is 259 g/mol. The summed E-state index contributed by atoms with van der Waals surface area (Å²) in [4.78, 5) is 12.6. The summed E-state index contributed by atoms with van der Waals surface area (Å²) in [7, 11) is 0. The summed E-state index contributed by atoms with van der Waals surface area (Å²) in [5.41, 5.74) is 1.55. The molecule has 1 aromatic carbocycles. The maximum atomic E-state index is 14.0. The number of hydrogen-bond acceptors (Lipinski definition) is 3. The Morgan fingerprint density at radius 3 is 2.60 bits per heavy atom. The molecule has 0 spiro atoms. The van der Waals surface area contributed by atoms with Crippen LogP contribution in [0.5, 0.6) is 0 Å². The molecule has 1 aliphatic rings. The first-order valence-electron chi connectivity index (χ1n) is 7.13. The molecule has 1 aromatic rings. The van der Waals surface area contributed by atoms with E-state index in [0.717, 1.165) is 31.5 Å². The average molecular weight is 280 g/mol. The minimum absolute atomic E-state index is 0.0869. The van der Waals surface area contributed by atoms with E-state index in [-0.39, 0.29) is 12.4 Å². The second-order valence-electron chi connectivity index (χ2n) is 5.18. The number of carboxylic acids is 1. The minimum atomic E-state index is -0.889. The maximum Gasteiger partial charge on any atom is 0.317 e. The zero-order chi connectivity index (χ0) is 14.4. The smallest absolute Gasteiger partial charge is 0.317 e. The van der Waals surface area contributed by atoms with Gasteiger partial charge in [-0.3, -0.25) is 4.79 Å². The number of anilines is 1. The van der Waals surface area contributed by atoms with Crippen molar-refractivity contribution in [3.63, 3.8) is 0 Å². The molecule has 0 bridgehead atoms. The lowest BCUT2D eigenvalue weighted by Gasteiger charge is -2.23. The van der Waals surface area contributed by atoms with Gasteiger partial charge in [0.1, 0.15) is 5.82 Å². The molecule has 20 heavy (non-hydrogen) atoms. The molecule has 0 aromatic heterocycles. The Balaban J connectivity index is 2.05. The minimum Gasteiger partial charge on any atom is -0.480 e. The van der Waals surface area contributed by atoms with Crippen molar-refractivity contribution in [2.24, 2.45) is 0 Å². The van der Waals surface area contributed by atoms with Crippen LogP contribution in [0, 0.1) is 5.82 Å². The number of rotatable bonds is 5. The number of nitrogens with zero attached hydrogens (tertiary/aromatic N) is 1. The van der Waals surface area contributed by atoms with E-state index >= 15 is 0 Å². The third kappa shape index (κ3) is 4.20. The standard InChI is InChI=1S/C15H21FN2O2/c16-13-6-5-12(10-17-11-15(19)20)9-14(13)18-7-3-1-2-4-8-18/h5-6,9,17H,1-4,7-8,10-11H2,(H,19,20). The van der Waals surface area contributed by atoms with Gasteiger partial charge in [0.25, 0.3) is 0 Å². The molecule has 5 heteroatoms. The monoisotopic (exact) mass is 280 g/mol. The Bertz CT molecular complexity index is 457. The van der Waals surface area contributed by atoms with Gasteiger partial charge in [0.05, 0.1) is 12.2 Å². The molecule has 4 nitrogen and oxygen atoms in total. The van der Waals surface area contributed by atoms with Crippen molar-refractivity contribution in [3.05, 3.63) is 29.6 Å². The molecule has 1 fully saturated rings. The van der Waals surface area contributed by atoms with Crippen LogP contribution in [0.3, 0.4) is 0 Å². The van der Waals surface area contributed by atoms with Gasteiger partial charge < -0.3 is 15.3 Å². The quantitative estimate of drug-likeness (QED) is 0.869. The van der Waals surface area contributed by atoms with Crippen molar-refractivity contribution < 1.29 is 14.3 Å². The van der Waals surface area contributed by atoms with Crippen molar-refractivity contribution in [2.45, 2.75) is 32.2 Å². The van der Waals surface area contributed by atoms with Crippen molar-refractivity contribution in [1.29, 1.82) is 0 Å². The van der Waals surface area contributed by atoms with Crippen LogP contribution in [0.2, 0.25) is 0 Å². The van der Waals surface area contributed by atoms with Gasteiger partial charge in [-0.1, -0.05) is 18.9 Å². The predicted molar refractivity (Wildman–Crippen MR) is 76.4 cm³/mol. The fraction of sp³-hybridized carbons (Fsp3) is 0.533. The van der Waals surface area contributed by atoms with Crippen LogP contribution in [0.1, 0.15) is 31.2 Å². The molecule has 1 saturated heterocycles. The number of halogens is 1. The van der Waals surface area contributed by atoms with E-state index in [4.69, 9.17) is 5.11 Å². The molecule has 0 unspecified atom stereocenters. The van der Waals surface area contributed by atoms with E-state index in [9.17, 15) is 9.18 Å². The SMILES string of the molecule is O=C(O)CNCc1ccc(F)c(N2CCCCCC2)c1. The van der Waals surface area contributed by atoms with Crippen molar-refractivity contribution >= 4 is 11.7 Å². The van der Waals surface area contributed by atoms with E-state index < -0.39 is 5.97 Å². The molecule has 0 atom stereocenters. The predicted octanol–water partition coefficient (Wildman–Crippen LogP) is 2.38. The Labute approximate surface area is 118 Å². The number of aliphatic carboxylic acids is 1. The molecule has 1 aliphatic heterocycles. The van der Waals surface area contributed by atoms with Gasteiger partial charge >= 0.3 is 5.97 Å². The summed E-state index contributed by atoms with van der Waals surface area (Å²) >= 11 is 0. The maximum absolute atomic E-state index is 14.0. The van der Waals surface area contributed by atoms with Crippen LogP contribution in [0.25, 0.3) is 0 Å². The lowest BCUT2D eigenvalue weighted by molar-refractivity contribution is -0.135. The van der Waals surface area contributed by atoms with Gasteiger partial charge in [-0.25, -0.2) is 4.39 Å². The van der Waals surface area contributed by atoms with E-state index in [0.29, 0.717) is 12.2 Å². The van der Waals surface area contributed by atoms with Crippen molar-refractivity contribution in [1.82, 2.24) is 5.32 Å². The van der Waals surface area contributed by atoms with Crippen LogP contribution in [-0.4, -0.2) is 30.7 Å². The Morgan fingerprint density at radius 2 is 1.95 bits per heavy atom. The van der Waals surface area contributed by atoms with Gasteiger partial charge in [-0.2, -0.15) is 0 Å². The van der Waals surface area contributed by atoms with Crippen LogP contribution < -0.4 is 10.2 Å². The number of hydrogen-bond donors (Lipinski definition) is 2. The second-order valence-corrected chi connectivity index (χ2v) is 5.18. The number of benzene rings is 1. The summed E-state index contributed by atoms with van der Waals surface area (Å²) in [5.74, 6) is -1.09. The van der Waals surface area contributed by atoms with Crippen LogP contribution in [-0.2, 0) is 11.3 Å². The Morgan fingerprint density at radius 1 is 1.25 bits per heavy atom. The number of carbonyl (C=O) groups is 1. The second kappa shape index (κ2) is 7.24. The van der Waals surface area contributed by atoms with Gasteiger partial charge in [-0.15, -0.1) is 0 Å². The van der Waals surface area contributed by atoms with Gasteiger partial charge in [0.2, 0.25) is 0 Å². The Kier molecular flexibility index (Phi) is 5.35. The van der Waals surface area contributed by atoms with Gasteiger partial charge in [0, 0.05) is 19.6 Å². The van der Waals surface area contributed by atoms with Crippen LogP contribution >= 0.6 is 0 Å². The lowest BCUT2D eigenvalue weighted by Crippen LogP contribution is -2.25. The molecule has 110 valence electrons. The summed E-state index contributed by atoms with van der Waals surface area (Å²) in [6, 6.07) is 5.00. The summed E-state index contributed by atoms with van der Waals surface area (Å²) in [6.45, 7) is 2.13. The molecule has 2 N–H and O–H groups in total. The Hall–Kier alpha value is -1.62. The zero-order valence-electron chi connectivity index (χ0n) is 11.6. The summed E-state index contributed by atoms with van der Waals surface area (Å²) in [6.07, 6.45) is 4.61. The topological polar surface area (TPSA) is 52.6 Å². The molecule has 2 rings (SSSR count). The average Bonchev–Trinajstić information content (AvgIpc) is 2.69. The van der Waals surface area contributed by atoms with Gasteiger partial charge in [-0.05, 0) is 30.5 Å². The summed E-state index contributed by atoms with van der Waals surface area (Å²) in [5, 5.41) is 11.4. The molecule has 0 saturated carbocycles. The first-order chi connectivity index (χ1) is 9.66.